The van der Waals surface area contributed by atoms with E-state index in [-0.39, 0.29) is 11.8 Å². The third-order valence-corrected chi connectivity index (χ3v) is 6.48. The lowest BCUT2D eigenvalue weighted by molar-refractivity contribution is -0.146. The first-order valence-electron chi connectivity index (χ1n) is 11.0. The number of halogens is 1. The molecule has 0 bridgehead atoms. The van der Waals surface area contributed by atoms with Crippen LogP contribution in [-0.4, -0.2) is 54.0 Å². The molecule has 2 atom stereocenters. The molecule has 0 spiro atoms. The van der Waals surface area contributed by atoms with Crippen LogP contribution in [0.3, 0.4) is 0 Å². The summed E-state index contributed by atoms with van der Waals surface area (Å²) >= 11 is 6.10. The van der Waals surface area contributed by atoms with E-state index in [9.17, 15) is 19.5 Å². The first kappa shape index (κ1) is 22.9. The summed E-state index contributed by atoms with van der Waals surface area (Å²) in [4.78, 5) is 41.7. The van der Waals surface area contributed by atoms with Gasteiger partial charge in [0, 0.05) is 36.9 Å². The fourth-order valence-corrected chi connectivity index (χ4v) is 4.58. The highest BCUT2D eigenvalue weighted by atomic mass is 35.5. The molecule has 2 N–H and O–H groups in total. The van der Waals surface area contributed by atoms with E-state index in [4.69, 9.17) is 11.6 Å². The smallest absolute Gasteiger partial charge is 0.307 e. The fourth-order valence-electron chi connectivity index (χ4n) is 4.39. The standard InChI is InChI=1S/C25H26ClN3O4/c26-17-6-5-7-18(16-17)28-12-14-29(15-13-28)24(31)21-10-3-4-11-22(21)27-23(30)19-8-1-2-9-20(19)25(32)33/h1-7,10-11,16,19-20H,8-9,12-15H2,(H,27,30)(H,32,33)/t19-,20-/m0/s1. The number of nitrogens with zero attached hydrogens (tertiary/aromatic N) is 2. The summed E-state index contributed by atoms with van der Waals surface area (Å²) < 4.78 is 0. The highest BCUT2D eigenvalue weighted by Crippen LogP contribution is 2.28. The largest absolute Gasteiger partial charge is 0.481 e. The van der Waals surface area contributed by atoms with Gasteiger partial charge in [-0.3, -0.25) is 14.4 Å². The first-order chi connectivity index (χ1) is 15.9. The van der Waals surface area contributed by atoms with Crippen molar-refractivity contribution in [2.24, 2.45) is 11.8 Å². The summed E-state index contributed by atoms with van der Waals surface area (Å²) in [6.07, 6.45) is 4.32. The second kappa shape index (κ2) is 10.1. The Kier molecular flexibility index (Phi) is 6.99. The number of allylic oxidation sites excluding steroid dienone is 2. The van der Waals surface area contributed by atoms with Crippen molar-refractivity contribution in [3.8, 4) is 0 Å². The zero-order valence-electron chi connectivity index (χ0n) is 18.1. The number of hydrogen-bond donors (Lipinski definition) is 2. The Bertz CT molecular complexity index is 1080. The number of aliphatic carboxylic acids is 1. The van der Waals surface area contributed by atoms with Crippen LogP contribution < -0.4 is 10.2 Å². The SMILES string of the molecule is O=C(O)[C@H]1CC=CC[C@@H]1C(=O)Nc1ccccc1C(=O)N1CCN(c2cccc(Cl)c2)CC1. The van der Waals surface area contributed by atoms with Crippen molar-refractivity contribution in [1.82, 2.24) is 4.90 Å². The second-order valence-corrected chi connectivity index (χ2v) is 8.72. The molecule has 1 saturated heterocycles. The highest BCUT2D eigenvalue weighted by Gasteiger charge is 2.34. The van der Waals surface area contributed by atoms with Gasteiger partial charge in [-0.1, -0.05) is 42.0 Å². The lowest BCUT2D eigenvalue weighted by Gasteiger charge is -2.36. The number of hydrogen-bond acceptors (Lipinski definition) is 4. The Balaban J connectivity index is 1.44. The van der Waals surface area contributed by atoms with E-state index >= 15 is 0 Å². The van der Waals surface area contributed by atoms with Crippen molar-refractivity contribution in [3.05, 3.63) is 71.3 Å². The normalized spacial score (nSPS) is 20.4. The maximum absolute atomic E-state index is 13.3. The summed E-state index contributed by atoms with van der Waals surface area (Å²) in [6.45, 7) is 2.44. The summed E-state index contributed by atoms with van der Waals surface area (Å²) in [7, 11) is 0. The van der Waals surface area contributed by atoms with E-state index < -0.39 is 17.8 Å². The van der Waals surface area contributed by atoms with Gasteiger partial charge in [-0.2, -0.15) is 0 Å². The van der Waals surface area contributed by atoms with Gasteiger partial charge in [0.25, 0.3) is 5.91 Å². The maximum Gasteiger partial charge on any atom is 0.307 e. The molecule has 1 fully saturated rings. The Labute approximate surface area is 197 Å². The van der Waals surface area contributed by atoms with Crippen molar-refractivity contribution in [3.63, 3.8) is 0 Å². The topological polar surface area (TPSA) is 89.9 Å². The van der Waals surface area contributed by atoms with Gasteiger partial charge in [0.15, 0.2) is 0 Å². The molecule has 1 aliphatic carbocycles. The van der Waals surface area contributed by atoms with Crippen LogP contribution in [0.4, 0.5) is 11.4 Å². The Morgan fingerprint density at radius 2 is 1.61 bits per heavy atom. The molecule has 1 heterocycles. The lowest BCUT2D eigenvalue weighted by Crippen LogP contribution is -2.49. The predicted octanol–water partition coefficient (Wildman–Crippen LogP) is 3.91. The lowest BCUT2D eigenvalue weighted by atomic mass is 9.82. The molecule has 8 heteroatoms. The monoisotopic (exact) mass is 467 g/mol. The fraction of sp³-hybridized carbons (Fsp3) is 0.320. The summed E-state index contributed by atoms with van der Waals surface area (Å²) in [5.41, 5.74) is 1.83. The van der Waals surface area contributed by atoms with E-state index in [1.165, 1.54) is 0 Å². The molecule has 0 unspecified atom stereocenters. The number of nitrogens with one attached hydrogen (secondary N) is 1. The van der Waals surface area contributed by atoms with Gasteiger partial charge < -0.3 is 20.2 Å². The van der Waals surface area contributed by atoms with Crippen LogP contribution >= 0.6 is 11.6 Å². The van der Waals surface area contributed by atoms with Crippen LogP contribution in [0.5, 0.6) is 0 Å². The zero-order chi connectivity index (χ0) is 23.4. The third kappa shape index (κ3) is 5.20. The molecule has 2 aromatic rings. The zero-order valence-corrected chi connectivity index (χ0v) is 18.9. The number of para-hydroxylation sites is 1. The summed E-state index contributed by atoms with van der Waals surface area (Å²) in [5, 5.41) is 13.0. The van der Waals surface area contributed by atoms with Crippen molar-refractivity contribution in [2.45, 2.75) is 12.8 Å². The van der Waals surface area contributed by atoms with Gasteiger partial charge in [0.2, 0.25) is 5.91 Å². The molecule has 7 nitrogen and oxygen atoms in total. The van der Waals surface area contributed by atoms with E-state index in [0.29, 0.717) is 55.3 Å². The van der Waals surface area contributed by atoms with Crippen LogP contribution in [0.25, 0.3) is 0 Å². The molecule has 2 aromatic carbocycles. The maximum atomic E-state index is 13.3. The number of carbonyl (C=O) groups is 3. The number of amides is 2. The van der Waals surface area contributed by atoms with Crippen molar-refractivity contribution in [2.75, 3.05) is 36.4 Å². The van der Waals surface area contributed by atoms with E-state index in [1.54, 1.807) is 35.2 Å². The van der Waals surface area contributed by atoms with Crippen LogP contribution in [0, 0.1) is 11.8 Å². The number of benzene rings is 2. The van der Waals surface area contributed by atoms with E-state index in [2.05, 4.69) is 10.2 Å². The number of piperazine rings is 1. The number of carboxylic acid groups (broad SMARTS) is 1. The predicted molar refractivity (Wildman–Crippen MR) is 128 cm³/mol. The van der Waals surface area contributed by atoms with E-state index in [0.717, 1.165) is 5.69 Å². The minimum Gasteiger partial charge on any atom is -0.481 e. The summed E-state index contributed by atoms with van der Waals surface area (Å²) in [5.74, 6) is -2.96. The van der Waals surface area contributed by atoms with E-state index in [1.807, 2.05) is 30.3 Å². The molecule has 172 valence electrons. The van der Waals surface area contributed by atoms with Crippen LogP contribution in [0.1, 0.15) is 23.2 Å². The van der Waals surface area contributed by atoms with Crippen LogP contribution in [0.15, 0.2) is 60.7 Å². The Hall–Kier alpha value is -3.32. The number of rotatable bonds is 5. The van der Waals surface area contributed by atoms with Gasteiger partial charge in [0.1, 0.15) is 0 Å². The number of anilines is 2. The van der Waals surface area contributed by atoms with Gasteiger partial charge in [-0.05, 0) is 43.2 Å². The second-order valence-electron chi connectivity index (χ2n) is 8.29. The van der Waals surface area contributed by atoms with Crippen LogP contribution in [0.2, 0.25) is 5.02 Å². The molecule has 0 radical (unpaired) electrons. The minimum atomic E-state index is -0.985. The molecular formula is C25H26ClN3O4. The van der Waals surface area contributed by atoms with Gasteiger partial charge in [-0.25, -0.2) is 0 Å². The first-order valence-corrected chi connectivity index (χ1v) is 11.4. The highest BCUT2D eigenvalue weighted by molar-refractivity contribution is 6.30. The molecule has 4 rings (SSSR count). The molecule has 0 saturated carbocycles. The van der Waals surface area contributed by atoms with Gasteiger partial charge in [-0.15, -0.1) is 0 Å². The molecule has 33 heavy (non-hydrogen) atoms. The molecular weight excluding hydrogens is 442 g/mol. The molecule has 0 aromatic heterocycles. The molecule has 2 aliphatic rings. The molecule has 2 amide bonds. The number of carbonyl (C=O) groups excluding carboxylic acids is 2. The third-order valence-electron chi connectivity index (χ3n) is 6.24. The van der Waals surface area contributed by atoms with Crippen molar-refractivity contribution >= 4 is 40.8 Å². The van der Waals surface area contributed by atoms with Gasteiger partial charge in [0.05, 0.1) is 23.1 Å². The van der Waals surface area contributed by atoms with Crippen molar-refractivity contribution in [1.29, 1.82) is 0 Å². The Morgan fingerprint density at radius 1 is 0.909 bits per heavy atom. The van der Waals surface area contributed by atoms with Gasteiger partial charge >= 0.3 is 5.97 Å². The van der Waals surface area contributed by atoms with Crippen LogP contribution in [-0.2, 0) is 9.59 Å². The average molecular weight is 468 g/mol. The molecule has 1 aliphatic heterocycles. The Morgan fingerprint density at radius 3 is 2.30 bits per heavy atom. The average Bonchev–Trinajstić information content (AvgIpc) is 2.84. The summed E-state index contributed by atoms with van der Waals surface area (Å²) in [6, 6.07) is 14.5. The number of carboxylic acids is 1. The van der Waals surface area contributed by atoms with Crippen molar-refractivity contribution < 1.29 is 19.5 Å². The quantitative estimate of drug-likeness (QED) is 0.651. The minimum absolute atomic E-state index is 0.157.